The lowest BCUT2D eigenvalue weighted by Gasteiger charge is -2.43. The maximum absolute atomic E-state index is 13.0. The number of phosphoric ester groups is 2. The zero-order chi connectivity index (χ0) is 51.9. The van der Waals surface area contributed by atoms with Gasteiger partial charge >= 0.3 is 27.6 Å². The number of hydrogen-bond donors (Lipinski definition) is 8. The van der Waals surface area contributed by atoms with Gasteiger partial charge in [-0.25, -0.2) is 9.13 Å². The Kier molecular flexibility index (Phi) is 37.4. The Labute approximate surface area is 416 Å². The van der Waals surface area contributed by atoms with Crippen molar-refractivity contribution in [3.05, 3.63) is 97.2 Å². The van der Waals surface area contributed by atoms with E-state index < -0.39 is 89.6 Å². The molecule has 17 nitrogen and oxygen atoms in total. The third-order valence-electron chi connectivity index (χ3n) is 10.7. The van der Waals surface area contributed by atoms with E-state index in [0.29, 0.717) is 25.7 Å². The minimum Gasteiger partial charge on any atom is -0.462 e. The molecule has 0 aromatic carbocycles. The Morgan fingerprint density at radius 2 is 1.01 bits per heavy atom. The first-order chi connectivity index (χ1) is 33.5. The molecule has 0 aromatic heterocycles. The average Bonchev–Trinajstić information content (AvgIpc) is 3.31. The minimum absolute atomic E-state index is 0.0566. The van der Waals surface area contributed by atoms with Gasteiger partial charge in [0.15, 0.2) is 6.10 Å². The van der Waals surface area contributed by atoms with E-state index in [0.717, 1.165) is 77.0 Å². The van der Waals surface area contributed by atoms with E-state index in [4.69, 9.17) is 18.5 Å². The SMILES string of the molecule is CCCCC/C=C\C/C=C\C/C=C\C/C=C\CCCCCC(=O)OC[C@H](COP(=O)(O)O[C@H]1C(O)C(O)C(O)[C@@H](OP(=O)(O)O)C1O)OC(=O)CCC/C=C\C/C=C\C/C=C\C=C\[C@@H](O)CCCCC. The van der Waals surface area contributed by atoms with Crippen LogP contribution in [0.5, 0.6) is 0 Å². The molecule has 0 aliphatic heterocycles. The number of hydrogen-bond acceptors (Lipinski definition) is 14. The standard InChI is InChI=1S/C51H84O17P2/c1-3-5-7-8-9-10-11-12-13-14-15-16-17-18-21-24-27-30-34-38-44(53)64-40-43(41-65-70(62,63)68-51-48(57)46(55)47(56)50(49(51)58)67-69(59,60)61)66-45(54)39-35-31-28-25-22-19-20-23-26-29-33-37-42(52)36-32-6-4-2/h9-10,12-13,15-16,18-21,25-26,28-29,33,37,42-43,46-52,55-58H,3-8,11,14,17,22-24,27,30-32,34-36,38-41H2,1-2H3,(H,62,63)(H2,59,60,61)/b10-9-,13-12-,16-15-,20-19-,21-18-,28-25-,29-26-,37-33+/t42-,43+,46?,47?,48?,49?,50+,51-/m0/s1. The van der Waals surface area contributed by atoms with Crippen LogP contribution in [0.3, 0.4) is 0 Å². The van der Waals surface area contributed by atoms with Gasteiger partial charge in [0.1, 0.15) is 43.2 Å². The van der Waals surface area contributed by atoms with E-state index in [1.54, 1.807) is 6.08 Å². The maximum atomic E-state index is 13.0. The predicted molar refractivity (Wildman–Crippen MR) is 270 cm³/mol. The molecule has 0 bridgehead atoms. The maximum Gasteiger partial charge on any atom is 0.472 e. The molecule has 1 fully saturated rings. The number of aliphatic hydroxyl groups is 5. The lowest BCUT2D eigenvalue weighted by Crippen LogP contribution is -2.64. The molecule has 1 aliphatic rings. The molecule has 1 saturated carbocycles. The second-order valence-corrected chi connectivity index (χ2v) is 19.6. The molecule has 0 aromatic rings. The fourth-order valence-corrected chi connectivity index (χ4v) is 8.36. The van der Waals surface area contributed by atoms with Crippen molar-refractivity contribution >= 4 is 27.6 Å². The summed E-state index contributed by atoms with van der Waals surface area (Å²) < 4.78 is 49.3. The van der Waals surface area contributed by atoms with Crippen LogP contribution in [0, 0.1) is 0 Å². The molecule has 0 amide bonds. The van der Waals surface area contributed by atoms with E-state index in [1.807, 2.05) is 42.5 Å². The summed E-state index contributed by atoms with van der Waals surface area (Å²) in [5, 5.41) is 51.2. The van der Waals surface area contributed by atoms with Crippen LogP contribution in [-0.2, 0) is 41.8 Å². The summed E-state index contributed by atoms with van der Waals surface area (Å²) >= 11 is 0. The number of unbranched alkanes of at least 4 members (excludes halogenated alkanes) is 9. The minimum atomic E-state index is -5.39. The normalized spacial score (nSPS) is 22.3. The molecular formula is C51H84O17P2. The summed E-state index contributed by atoms with van der Waals surface area (Å²) in [5.74, 6) is -1.34. The summed E-state index contributed by atoms with van der Waals surface area (Å²) in [6, 6.07) is 0. The first-order valence-electron chi connectivity index (χ1n) is 24.9. The molecule has 0 radical (unpaired) electrons. The van der Waals surface area contributed by atoms with Crippen LogP contribution in [0.25, 0.3) is 0 Å². The molecule has 0 spiro atoms. The molecule has 1 rings (SSSR count). The molecule has 9 atom stereocenters. The van der Waals surface area contributed by atoms with E-state index in [9.17, 15) is 58.9 Å². The van der Waals surface area contributed by atoms with Crippen LogP contribution in [0.4, 0.5) is 0 Å². The smallest absolute Gasteiger partial charge is 0.462 e. The summed E-state index contributed by atoms with van der Waals surface area (Å²) in [4.78, 5) is 54.3. The van der Waals surface area contributed by atoms with Gasteiger partial charge < -0.3 is 49.7 Å². The van der Waals surface area contributed by atoms with Gasteiger partial charge in [-0.1, -0.05) is 150 Å². The van der Waals surface area contributed by atoms with Gasteiger partial charge in [-0.15, -0.1) is 0 Å². The van der Waals surface area contributed by atoms with Crippen molar-refractivity contribution in [1.82, 2.24) is 0 Å². The molecular weight excluding hydrogens is 946 g/mol. The van der Waals surface area contributed by atoms with Gasteiger partial charge in [-0.3, -0.25) is 23.2 Å². The summed E-state index contributed by atoms with van der Waals surface area (Å²) in [7, 11) is -10.7. The van der Waals surface area contributed by atoms with Gasteiger partial charge in [0.2, 0.25) is 0 Å². The van der Waals surface area contributed by atoms with Crippen LogP contribution in [0.2, 0.25) is 0 Å². The Balaban J connectivity index is 2.66. The quantitative estimate of drug-likeness (QED) is 0.00935. The van der Waals surface area contributed by atoms with E-state index >= 15 is 0 Å². The number of esters is 2. The zero-order valence-electron chi connectivity index (χ0n) is 41.3. The van der Waals surface area contributed by atoms with E-state index in [2.05, 4.69) is 67.0 Å². The molecule has 19 heteroatoms. The Morgan fingerprint density at radius 1 is 0.529 bits per heavy atom. The molecule has 1 aliphatic carbocycles. The van der Waals surface area contributed by atoms with Crippen molar-refractivity contribution in [1.29, 1.82) is 0 Å². The average molecular weight is 1030 g/mol. The molecule has 0 heterocycles. The number of rotatable bonds is 40. The number of allylic oxidation sites excluding steroid dienone is 15. The number of carbonyl (C=O) groups is 2. The van der Waals surface area contributed by atoms with Crippen molar-refractivity contribution in [3.8, 4) is 0 Å². The summed E-state index contributed by atoms with van der Waals surface area (Å²) in [5.41, 5.74) is 0. The number of aliphatic hydroxyl groups excluding tert-OH is 5. The lowest BCUT2D eigenvalue weighted by atomic mass is 9.85. The third-order valence-corrected chi connectivity index (χ3v) is 12.2. The molecule has 8 N–H and O–H groups in total. The Hall–Kier alpha value is -3.12. The van der Waals surface area contributed by atoms with Gasteiger partial charge in [0.05, 0.1) is 12.7 Å². The number of carbonyl (C=O) groups excluding carboxylic acids is 2. The van der Waals surface area contributed by atoms with Crippen molar-refractivity contribution in [2.75, 3.05) is 13.2 Å². The zero-order valence-corrected chi connectivity index (χ0v) is 43.1. The monoisotopic (exact) mass is 1030 g/mol. The number of ether oxygens (including phenoxy) is 2. The highest BCUT2D eigenvalue weighted by Crippen LogP contribution is 2.49. The highest BCUT2D eigenvalue weighted by atomic mass is 31.2. The predicted octanol–water partition coefficient (Wildman–Crippen LogP) is 8.92. The third kappa shape index (κ3) is 34.3. The van der Waals surface area contributed by atoms with Crippen LogP contribution < -0.4 is 0 Å². The van der Waals surface area contributed by atoms with Crippen molar-refractivity contribution in [2.24, 2.45) is 0 Å². The lowest BCUT2D eigenvalue weighted by molar-refractivity contribution is -0.216. The fourth-order valence-electron chi connectivity index (χ4n) is 6.82. The van der Waals surface area contributed by atoms with Gasteiger partial charge in [0.25, 0.3) is 0 Å². The van der Waals surface area contributed by atoms with Crippen LogP contribution in [0.1, 0.15) is 149 Å². The molecule has 400 valence electrons. The highest BCUT2D eigenvalue weighted by Gasteiger charge is 2.54. The van der Waals surface area contributed by atoms with E-state index in [1.165, 1.54) is 19.3 Å². The van der Waals surface area contributed by atoms with Crippen molar-refractivity contribution in [3.63, 3.8) is 0 Å². The van der Waals surface area contributed by atoms with Gasteiger partial charge in [0, 0.05) is 12.8 Å². The fraction of sp³-hybridized carbons (Fsp3) is 0.647. The van der Waals surface area contributed by atoms with Gasteiger partial charge in [-0.05, 0) is 83.5 Å². The largest absolute Gasteiger partial charge is 0.472 e. The first kappa shape index (κ1) is 64.9. The summed E-state index contributed by atoms with van der Waals surface area (Å²) in [6.45, 7) is 2.88. The summed E-state index contributed by atoms with van der Waals surface area (Å²) in [6.07, 6.45) is 34.0. The first-order valence-corrected chi connectivity index (χ1v) is 27.9. The second-order valence-electron chi connectivity index (χ2n) is 17.0. The van der Waals surface area contributed by atoms with Crippen LogP contribution in [-0.4, -0.2) is 114 Å². The van der Waals surface area contributed by atoms with E-state index in [-0.39, 0.29) is 12.8 Å². The molecule has 0 saturated heterocycles. The molecule has 70 heavy (non-hydrogen) atoms. The van der Waals surface area contributed by atoms with Gasteiger partial charge in [-0.2, -0.15) is 0 Å². The molecule has 5 unspecified atom stereocenters. The topological polar surface area (TPSA) is 276 Å². The van der Waals surface area contributed by atoms with Crippen LogP contribution in [0.15, 0.2) is 97.2 Å². The number of phosphoric acid groups is 2. The van der Waals surface area contributed by atoms with Crippen molar-refractivity contribution in [2.45, 2.75) is 198 Å². The second kappa shape index (κ2) is 40.4. The Bertz CT molecular complexity index is 1730. The van der Waals surface area contributed by atoms with Crippen LogP contribution >= 0.6 is 15.6 Å². The highest BCUT2D eigenvalue weighted by molar-refractivity contribution is 7.47. The Morgan fingerprint density at radius 3 is 1.57 bits per heavy atom. The van der Waals surface area contributed by atoms with Crippen molar-refractivity contribution < 1.29 is 82.0 Å².